The Hall–Kier alpha value is -1.03. The highest BCUT2D eigenvalue weighted by molar-refractivity contribution is 9.10. The lowest BCUT2D eigenvalue weighted by Crippen LogP contribution is -2.33. The fraction of sp³-hybridized carbons (Fsp3) is 0.364. The predicted molar refractivity (Wildman–Crippen MR) is 65.6 cm³/mol. The molecule has 3 nitrogen and oxygen atoms in total. The molecule has 0 aliphatic heterocycles. The number of hydrogen-bond donors (Lipinski definition) is 2. The minimum Gasteiger partial charge on any atom is -0.370 e. The van der Waals surface area contributed by atoms with Gasteiger partial charge in [-0.3, -0.25) is 0 Å². The van der Waals surface area contributed by atoms with Gasteiger partial charge in [-0.15, -0.1) is 0 Å². The molecular weight excluding hydrogens is 254 g/mol. The summed E-state index contributed by atoms with van der Waals surface area (Å²) >= 11 is 3.39. The zero-order chi connectivity index (χ0) is 10.7. The van der Waals surface area contributed by atoms with Crippen molar-refractivity contribution in [2.75, 3.05) is 0 Å². The molecule has 0 spiro atoms. The molecule has 4 heteroatoms. The molecule has 1 aliphatic carbocycles. The number of halogens is 1. The van der Waals surface area contributed by atoms with E-state index >= 15 is 0 Å². The first-order chi connectivity index (χ1) is 7.24. The van der Waals surface area contributed by atoms with Crippen molar-refractivity contribution in [2.24, 2.45) is 10.7 Å². The van der Waals surface area contributed by atoms with Crippen LogP contribution in [-0.2, 0) is 6.54 Å². The summed E-state index contributed by atoms with van der Waals surface area (Å²) in [5.74, 6) is 0.556. The zero-order valence-electron chi connectivity index (χ0n) is 8.41. The van der Waals surface area contributed by atoms with Crippen molar-refractivity contribution in [2.45, 2.75) is 25.4 Å². The van der Waals surface area contributed by atoms with Crippen LogP contribution < -0.4 is 11.1 Å². The van der Waals surface area contributed by atoms with Crippen molar-refractivity contribution in [1.82, 2.24) is 5.32 Å². The Morgan fingerprint density at radius 1 is 1.40 bits per heavy atom. The smallest absolute Gasteiger partial charge is 0.189 e. The van der Waals surface area contributed by atoms with Gasteiger partial charge in [0.1, 0.15) is 0 Å². The lowest BCUT2D eigenvalue weighted by molar-refractivity contribution is 0.879. The van der Waals surface area contributed by atoms with E-state index in [0.717, 1.165) is 4.47 Å². The van der Waals surface area contributed by atoms with Crippen LogP contribution in [0.15, 0.2) is 33.7 Å². The summed E-state index contributed by atoms with van der Waals surface area (Å²) in [5, 5.41) is 3.15. The normalized spacial score (nSPS) is 16.5. The van der Waals surface area contributed by atoms with Crippen LogP contribution in [-0.4, -0.2) is 12.0 Å². The Morgan fingerprint density at radius 2 is 2.07 bits per heavy atom. The molecule has 0 atom stereocenters. The van der Waals surface area contributed by atoms with Crippen molar-refractivity contribution < 1.29 is 0 Å². The fourth-order valence-electron chi connectivity index (χ4n) is 1.25. The topological polar surface area (TPSA) is 50.4 Å². The third-order valence-corrected chi connectivity index (χ3v) is 2.80. The monoisotopic (exact) mass is 267 g/mol. The Kier molecular flexibility index (Phi) is 3.26. The van der Waals surface area contributed by atoms with Crippen molar-refractivity contribution in [3.05, 3.63) is 34.3 Å². The van der Waals surface area contributed by atoms with Gasteiger partial charge in [0.25, 0.3) is 0 Å². The van der Waals surface area contributed by atoms with E-state index in [4.69, 9.17) is 5.73 Å². The van der Waals surface area contributed by atoms with Gasteiger partial charge in [0.05, 0.1) is 6.54 Å². The molecule has 0 aromatic heterocycles. The molecule has 2 rings (SSSR count). The Bertz CT molecular complexity index is 355. The van der Waals surface area contributed by atoms with Gasteiger partial charge in [0.2, 0.25) is 0 Å². The highest BCUT2D eigenvalue weighted by Gasteiger charge is 2.21. The Morgan fingerprint density at radius 3 is 2.67 bits per heavy atom. The van der Waals surface area contributed by atoms with Gasteiger partial charge in [-0.05, 0) is 30.5 Å². The van der Waals surface area contributed by atoms with Crippen LogP contribution >= 0.6 is 15.9 Å². The summed E-state index contributed by atoms with van der Waals surface area (Å²) in [6.45, 7) is 0.638. The average Bonchev–Trinajstić information content (AvgIpc) is 3.01. The van der Waals surface area contributed by atoms with Gasteiger partial charge in [0.15, 0.2) is 5.96 Å². The summed E-state index contributed by atoms with van der Waals surface area (Å²) in [6.07, 6.45) is 2.43. The van der Waals surface area contributed by atoms with Gasteiger partial charge in [0, 0.05) is 10.5 Å². The van der Waals surface area contributed by atoms with Crippen LogP contribution in [0, 0.1) is 0 Å². The minimum atomic E-state index is 0.556. The highest BCUT2D eigenvalue weighted by atomic mass is 79.9. The van der Waals surface area contributed by atoms with E-state index in [1.165, 1.54) is 18.4 Å². The molecular formula is C11H14BrN3. The van der Waals surface area contributed by atoms with E-state index < -0.39 is 0 Å². The third-order valence-electron chi connectivity index (χ3n) is 2.27. The predicted octanol–water partition coefficient (Wildman–Crippen LogP) is 2.02. The van der Waals surface area contributed by atoms with Crippen LogP contribution in [0.4, 0.5) is 0 Å². The molecule has 15 heavy (non-hydrogen) atoms. The van der Waals surface area contributed by atoms with E-state index in [1.807, 2.05) is 24.3 Å². The number of benzene rings is 1. The summed E-state index contributed by atoms with van der Waals surface area (Å²) in [7, 11) is 0. The Labute approximate surface area is 97.9 Å². The van der Waals surface area contributed by atoms with Gasteiger partial charge in [-0.2, -0.15) is 0 Å². The van der Waals surface area contributed by atoms with E-state index in [2.05, 4.69) is 26.2 Å². The van der Waals surface area contributed by atoms with Gasteiger partial charge < -0.3 is 11.1 Å². The van der Waals surface area contributed by atoms with Crippen LogP contribution in [0.1, 0.15) is 18.4 Å². The van der Waals surface area contributed by atoms with Crippen molar-refractivity contribution in [3.63, 3.8) is 0 Å². The number of nitrogens with two attached hydrogens (primary N) is 1. The first-order valence-electron chi connectivity index (χ1n) is 5.05. The molecule has 0 saturated heterocycles. The first-order valence-corrected chi connectivity index (χ1v) is 5.84. The minimum absolute atomic E-state index is 0.556. The fourth-order valence-corrected chi connectivity index (χ4v) is 1.51. The molecule has 1 aromatic rings. The second-order valence-corrected chi connectivity index (χ2v) is 4.66. The SMILES string of the molecule is NC(=NCc1ccc(Br)cc1)NC1CC1. The summed E-state index contributed by atoms with van der Waals surface area (Å²) in [4.78, 5) is 4.27. The molecule has 3 N–H and O–H groups in total. The maximum Gasteiger partial charge on any atom is 0.189 e. The molecule has 1 aromatic carbocycles. The lowest BCUT2D eigenvalue weighted by atomic mass is 10.2. The molecule has 0 unspecified atom stereocenters. The summed E-state index contributed by atoms with van der Waals surface area (Å²) in [6, 6.07) is 8.67. The largest absolute Gasteiger partial charge is 0.370 e. The second-order valence-electron chi connectivity index (χ2n) is 3.75. The van der Waals surface area contributed by atoms with Crippen molar-refractivity contribution in [1.29, 1.82) is 0 Å². The summed E-state index contributed by atoms with van der Waals surface area (Å²) < 4.78 is 1.08. The number of nitrogens with zero attached hydrogens (tertiary/aromatic N) is 1. The number of guanidine groups is 1. The van der Waals surface area contributed by atoms with E-state index in [0.29, 0.717) is 18.5 Å². The molecule has 0 amide bonds. The molecule has 80 valence electrons. The maximum absolute atomic E-state index is 5.72. The molecule has 0 bridgehead atoms. The summed E-state index contributed by atoms with van der Waals surface area (Å²) in [5.41, 5.74) is 6.89. The Balaban J connectivity index is 1.87. The molecule has 1 aliphatic rings. The zero-order valence-corrected chi connectivity index (χ0v) is 10.00. The van der Waals surface area contributed by atoms with Crippen LogP contribution in [0.3, 0.4) is 0 Å². The number of rotatable bonds is 3. The molecule has 0 heterocycles. The number of aliphatic imine (C=N–C) groups is 1. The van der Waals surface area contributed by atoms with E-state index in [9.17, 15) is 0 Å². The quantitative estimate of drug-likeness (QED) is 0.651. The average molecular weight is 268 g/mol. The van der Waals surface area contributed by atoms with Gasteiger partial charge in [-0.25, -0.2) is 4.99 Å². The second kappa shape index (κ2) is 4.66. The third kappa shape index (κ3) is 3.55. The van der Waals surface area contributed by atoms with Gasteiger partial charge in [-0.1, -0.05) is 28.1 Å². The van der Waals surface area contributed by atoms with Crippen molar-refractivity contribution >= 4 is 21.9 Å². The number of hydrogen-bond acceptors (Lipinski definition) is 1. The molecule has 1 fully saturated rings. The lowest BCUT2D eigenvalue weighted by Gasteiger charge is -2.03. The molecule has 1 saturated carbocycles. The van der Waals surface area contributed by atoms with E-state index in [-0.39, 0.29) is 0 Å². The highest BCUT2D eigenvalue weighted by Crippen LogP contribution is 2.18. The maximum atomic E-state index is 5.72. The van der Waals surface area contributed by atoms with Crippen LogP contribution in [0.25, 0.3) is 0 Å². The standard InChI is InChI=1S/C11H14BrN3/c12-9-3-1-8(2-4-9)7-14-11(13)15-10-5-6-10/h1-4,10H,5-7H2,(H3,13,14,15). The van der Waals surface area contributed by atoms with Crippen LogP contribution in [0.5, 0.6) is 0 Å². The first kappa shape index (κ1) is 10.5. The van der Waals surface area contributed by atoms with E-state index in [1.54, 1.807) is 0 Å². The van der Waals surface area contributed by atoms with Crippen molar-refractivity contribution in [3.8, 4) is 0 Å². The number of nitrogens with one attached hydrogen (secondary N) is 1. The van der Waals surface area contributed by atoms with Crippen LogP contribution in [0.2, 0.25) is 0 Å². The van der Waals surface area contributed by atoms with Gasteiger partial charge >= 0.3 is 0 Å². The molecule has 0 radical (unpaired) electrons.